The summed E-state index contributed by atoms with van der Waals surface area (Å²) in [6.07, 6.45) is -0.946. The fraction of sp³-hybridized carbons (Fsp3) is 0.200. The van der Waals surface area contributed by atoms with Crippen LogP contribution in [0.4, 0.5) is 10.5 Å². The van der Waals surface area contributed by atoms with Gasteiger partial charge >= 0.3 is 6.09 Å². The number of hydrogen-bond acceptors (Lipinski definition) is 6. The minimum absolute atomic E-state index is 0.0553. The topological polar surface area (TPSA) is 128 Å². The van der Waals surface area contributed by atoms with E-state index in [-0.39, 0.29) is 30.2 Å². The number of nitrogens with two attached hydrogens (primary N) is 1. The number of carbonyl (C=O) groups is 1. The number of nitro benzene ring substituents is 1. The van der Waals surface area contributed by atoms with Gasteiger partial charge in [0, 0.05) is 6.07 Å². The predicted octanol–water partition coefficient (Wildman–Crippen LogP) is 0.941. The number of amides is 1. The smallest absolute Gasteiger partial charge is 0.404 e. The zero-order chi connectivity index (χ0) is 13.5. The highest BCUT2D eigenvalue weighted by molar-refractivity contribution is 5.64. The van der Waals surface area contributed by atoms with E-state index >= 15 is 0 Å². The molecule has 1 rings (SSSR count). The first-order valence-electron chi connectivity index (χ1n) is 4.78. The number of rotatable bonds is 5. The molecule has 0 aliphatic rings. The Bertz CT molecular complexity index is 509. The van der Waals surface area contributed by atoms with Crippen LogP contribution in [0.5, 0.6) is 5.75 Å². The molecule has 0 atom stereocenters. The molecule has 0 aromatic heterocycles. The third-order valence-electron chi connectivity index (χ3n) is 1.88. The van der Waals surface area contributed by atoms with Gasteiger partial charge in [0.25, 0.3) is 5.69 Å². The molecule has 0 aliphatic heterocycles. The second-order valence-corrected chi connectivity index (χ2v) is 3.07. The molecule has 1 amide bonds. The van der Waals surface area contributed by atoms with E-state index < -0.39 is 11.0 Å². The number of primary amides is 1. The molecule has 8 nitrogen and oxygen atoms in total. The van der Waals surface area contributed by atoms with E-state index in [4.69, 9.17) is 15.7 Å². The standard InChI is InChI=1S/C10H9N3O5/c11-6-7-1-2-8(13(15)16)5-9(7)17-3-4-18-10(12)14/h1-2,5H,3-4H2,(H2,12,14). The zero-order valence-corrected chi connectivity index (χ0v) is 9.16. The third kappa shape index (κ3) is 3.64. The summed E-state index contributed by atoms with van der Waals surface area (Å²) in [6, 6.07) is 5.44. The second-order valence-electron chi connectivity index (χ2n) is 3.07. The summed E-state index contributed by atoms with van der Waals surface area (Å²) < 4.78 is 9.52. The molecular formula is C10H9N3O5. The van der Waals surface area contributed by atoms with Crippen LogP contribution in [-0.4, -0.2) is 24.2 Å². The summed E-state index contributed by atoms with van der Waals surface area (Å²) in [4.78, 5) is 20.2. The van der Waals surface area contributed by atoms with Gasteiger partial charge in [-0.25, -0.2) is 4.79 Å². The van der Waals surface area contributed by atoms with Crippen LogP contribution in [0.3, 0.4) is 0 Å². The SMILES string of the molecule is N#Cc1ccc([N+](=O)[O-])cc1OCCOC(N)=O. The van der Waals surface area contributed by atoms with Crippen molar-refractivity contribution < 1.29 is 19.2 Å². The average molecular weight is 251 g/mol. The maximum atomic E-state index is 10.6. The van der Waals surface area contributed by atoms with Crippen molar-refractivity contribution >= 4 is 11.8 Å². The molecule has 0 unspecified atom stereocenters. The van der Waals surface area contributed by atoms with Gasteiger partial charge < -0.3 is 15.2 Å². The predicted molar refractivity (Wildman–Crippen MR) is 58.8 cm³/mol. The molecule has 2 N–H and O–H groups in total. The number of carbonyl (C=O) groups excluding carboxylic acids is 1. The lowest BCUT2D eigenvalue weighted by Gasteiger charge is -2.07. The number of nitriles is 1. The van der Waals surface area contributed by atoms with Crippen LogP contribution < -0.4 is 10.5 Å². The lowest BCUT2D eigenvalue weighted by molar-refractivity contribution is -0.384. The molecule has 0 bridgehead atoms. The van der Waals surface area contributed by atoms with Gasteiger partial charge in [-0.3, -0.25) is 10.1 Å². The molecule has 1 aromatic rings. The Morgan fingerprint density at radius 2 is 2.22 bits per heavy atom. The number of benzene rings is 1. The Hall–Kier alpha value is -2.82. The van der Waals surface area contributed by atoms with Gasteiger partial charge in [0.1, 0.15) is 25.0 Å². The Kier molecular flexibility index (Phi) is 4.45. The van der Waals surface area contributed by atoms with Crippen molar-refractivity contribution in [1.29, 1.82) is 5.26 Å². The highest BCUT2D eigenvalue weighted by atomic mass is 16.6. The van der Waals surface area contributed by atoms with Crippen molar-refractivity contribution in [1.82, 2.24) is 0 Å². The molecule has 0 spiro atoms. The van der Waals surface area contributed by atoms with Gasteiger partial charge in [-0.05, 0) is 6.07 Å². The maximum Gasteiger partial charge on any atom is 0.404 e. The molecule has 8 heteroatoms. The summed E-state index contributed by atoms with van der Waals surface area (Å²) in [6.45, 7) is -0.165. The summed E-state index contributed by atoms with van der Waals surface area (Å²) in [5.74, 6) is 0.0553. The number of nitro groups is 1. The summed E-state index contributed by atoms with van der Waals surface area (Å²) >= 11 is 0. The lowest BCUT2D eigenvalue weighted by atomic mass is 10.2. The molecular weight excluding hydrogens is 242 g/mol. The van der Waals surface area contributed by atoms with Crippen LogP contribution >= 0.6 is 0 Å². The normalized spacial score (nSPS) is 9.28. The molecule has 1 aromatic carbocycles. The first-order chi connectivity index (χ1) is 8.54. The molecule has 0 radical (unpaired) electrons. The molecule has 94 valence electrons. The minimum atomic E-state index is -0.946. The molecule has 0 saturated carbocycles. The minimum Gasteiger partial charge on any atom is -0.488 e. The van der Waals surface area contributed by atoms with Crippen molar-refractivity contribution in [3.05, 3.63) is 33.9 Å². The van der Waals surface area contributed by atoms with Gasteiger partial charge in [0.05, 0.1) is 16.6 Å². The largest absolute Gasteiger partial charge is 0.488 e. The first kappa shape index (κ1) is 13.2. The Morgan fingerprint density at radius 3 is 2.78 bits per heavy atom. The average Bonchev–Trinajstić information content (AvgIpc) is 2.34. The molecule has 18 heavy (non-hydrogen) atoms. The number of non-ortho nitro benzene ring substituents is 1. The Balaban J connectivity index is 2.73. The Labute approximate surface area is 102 Å². The number of nitrogens with zero attached hydrogens (tertiary/aromatic N) is 2. The lowest BCUT2D eigenvalue weighted by Crippen LogP contribution is -2.17. The summed E-state index contributed by atoms with van der Waals surface area (Å²) in [5.41, 5.74) is 4.69. The monoisotopic (exact) mass is 251 g/mol. The quantitative estimate of drug-likeness (QED) is 0.471. The van der Waals surface area contributed by atoms with Gasteiger partial charge in [0.2, 0.25) is 0 Å². The number of hydrogen-bond donors (Lipinski definition) is 1. The highest BCUT2D eigenvalue weighted by Gasteiger charge is 2.11. The van der Waals surface area contributed by atoms with Crippen molar-refractivity contribution in [3.63, 3.8) is 0 Å². The van der Waals surface area contributed by atoms with E-state index in [1.807, 2.05) is 6.07 Å². The van der Waals surface area contributed by atoms with E-state index in [1.165, 1.54) is 12.1 Å². The van der Waals surface area contributed by atoms with E-state index in [9.17, 15) is 14.9 Å². The summed E-state index contributed by atoms with van der Waals surface area (Å²) in [7, 11) is 0. The summed E-state index contributed by atoms with van der Waals surface area (Å²) in [5, 5.41) is 19.3. The van der Waals surface area contributed by atoms with E-state index in [0.29, 0.717) is 0 Å². The first-order valence-corrected chi connectivity index (χ1v) is 4.78. The van der Waals surface area contributed by atoms with Crippen LogP contribution in [0, 0.1) is 21.4 Å². The van der Waals surface area contributed by atoms with E-state index in [2.05, 4.69) is 4.74 Å². The van der Waals surface area contributed by atoms with Crippen molar-refractivity contribution in [3.8, 4) is 11.8 Å². The van der Waals surface area contributed by atoms with E-state index in [0.717, 1.165) is 6.07 Å². The maximum absolute atomic E-state index is 10.6. The molecule has 0 aliphatic carbocycles. The van der Waals surface area contributed by atoms with Crippen molar-refractivity contribution in [2.24, 2.45) is 5.73 Å². The van der Waals surface area contributed by atoms with Gasteiger partial charge in [-0.1, -0.05) is 0 Å². The molecule has 0 heterocycles. The van der Waals surface area contributed by atoms with Gasteiger partial charge in [-0.15, -0.1) is 0 Å². The zero-order valence-electron chi connectivity index (χ0n) is 9.16. The van der Waals surface area contributed by atoms with Gasteiger partial charge in [0.15, 0.2) is 0 Å². The van der Waals surface area contributed by atoms with Crippen LogP contribution in [0.1, 0.15) is 5.56 Å². The van der Waals surface area contributed by atoms with Crippen LogP contribution in [-0.2, 0) is 4.74 Å². The molecule has 0 fully saturated rings. The third-order valence-corrected chi connectivity index (χ3v) is 1.88. The van der Waals surface area contributed by atoms with Crippen molar-refractivity contribution in [2.45, 2.75) is 0 Å². The fourth-order valence-electron chi connectivity index (χ4n) is 1.13. The molecule has 0 saturated heterocycles. The highest BCUT2D eigenvalue weighted by Crippen LogP contribution is 2.24. The van der Waals surface area contributed by atoms with Crippen LogP contribution in [0.15, 0.2) is 18.2 Å². The Morgan fingerprint density at radius 1 is 1.50 bits per heavy atom. The van der Waals surface area contributed by atoms with Crippen LogP contribution in [0.25, 0.3) is 0 Å². The van der Waals surface area contributed by atoms with Crippen LogP contribution in [0.2, 0.25) is 0 Å². The second kappa shape index (κ2) is 6.05. The fourth-order valence-corrected chi connectivity index (χ4v) is 1.13. The van der Waals surface area contributed by atoms with Crippen molar-refractivity contribution in [2.75, 3.05) is 13.2 Å². The number of ether oxygens (including phenoxy) is 2. The van der Waals surface area contributed by atoms with Gasteiger partial charge in [-0.2, -0.15) is 5.26 Å². The van der Waals surface area contributed by atoms with E-state index in [1.54, 1.807) is 0 Å².